The molecular weight excluding hydrogens is 476 g/mol. The number of para-hydroxylation sites is 1. The van der Waals surface area contributed by atoms with E-state index in [0.717, 1.165) is 55.4 Å². The van der Waals surface area contributed by atoms with Gasteiger partial charge in [-0.3, -0.25) is 9.80 Å². The van der Waals surface area contributed by atoms with E-state index in [1.807, 2.05) is 30.3 Å². The molecule has 0 saturated heterocycles. The summed E-state index contributed by atoms with van der Waals surface area (Å²) in [4.78, 5) is 4.75. The highest BCUT2D eigenvalue weighted by Gasteiger charge is 2.36. The number of benzene rings is 1. The molecule has 4 heterocycles. The maximum atomic E-state index is 6.61. The maximum absolute atomic E-state index is 6.61. The van der Waals surface area contributed by atoms with Gasteiger partial charge in [0.05, 0.1) is 25.6 Å². The lowest BCUT2D eigenvalue weighted by atomic mass is 9.91. The molecule has 194 valence electrons. The van der Waals surface area contributed by atoms with Crippen molar-refractivity contribution in [2.75, 3.05) is 6.54 Å². The standard InChI is InChI=1S/C32H32N2O4/c1-3-11-29-25(7-1)19-33(21-27-9-5-17-35-27)31(37-29)23-13-15-24(16-14-23)32-34(22-28-10-6-18-36-28)20-26-8-2-4-12-30(26)38-32/h1,3-7,9-13,15-18,23,31-32H,2,8,14,19-22H2. The second-order valence-electron chi connectivity index (χ2n) is 10.4. The van der Waals surface area contributed by atoms with Gasteiger partial charge in [0.15, 0.2) is 12.5 Å². The highest BCUT2D eigenvalue weighted by atomic mass is 16.5. The van der Waals surface area contributed by atoms with Gasteiger partial charge in [0, 0.05) is 30.1 Å². The minimum absolute atomic E-state index is 0.0777. The van der Waals surface area contributed by atoms with Crippen LogP contribution in [0, 0.1) is 5.92 Å². The molecule has 2 aliphatic heterocycles. The molecule has 0 radical (unpaired) electrons. The van der Waals surface area contributed by atoms with E-state index in [-0.39, 0.29) is 18.4 Å². The van der Waals surface area contributed by atoms with Crippen LogP contribution in [0.2, 0.25) is 0 Å². The first-order valence-electron chi connectivity index (χ1n) is 13.5. The molecule has 7 rings (SSSR count). The molecule has 2 aromatic heterocycles. The molecule has 6 nitrogen and oxygen atoms in total. The van der Waals surface area contributed by atoms with Crippen LogP contribution in [-0.4, -0.2) is 28.8 Å². The van der Waals surface area contributed by atoms with Crippen LogP contribution in [0.4, 0.5) is 0 Å². The van der Waals surface area contributed by atoms with Crippen molar-refractivity contribution in [2.45, 2.75) is 51.4 Å². The third kappa shape index (κ3) is 4.66. The lowest BCUT2D eigenvalue weighted by molar-refractivity contribution is -0.0387. The molecule has 3 aromatic rings. The SMILES string of the molecule is C1=CC2=C(CC1)CN(Cc1ccco1)C(C1=CCC(C3Oc4ccccc4CN3Cc3ccco3)C=C1)O2. The Balaban J connectivity index is 1.12. The highest BCUT2D eigenvalue weighted by molar-refractivity contribution is 5.37. The summed E-state index contributed by atoms with van der Waals surface area (Å²) in [6.07, 6.45) is 17.5. The molecule has 3 atom stereocenters. The van der Waals surface area contributed by atoms with Crippen molar-refractivity contribution in [3.05, 3.63) is 125 Å². The molecule has 0 saturated carbocycles. The van der Waals surface area contributed by atoms with Crippen LogP contribution in [0.5, 0.6) is 5.75 Å². The summed E-state index contributed by atoms with van der Waals surface area (Å²) in [6, 6.07) is 16.3. The van der Waals surface area contributed by atoms with Crippen LogP contribution in [0.25, 0.3) is 0 Å². The Morgan fingerprint density at radius 2 is 1.63 bits per heavy atom. The van der Waals surface area contributed by atoms with Crippen molar-refractivity contribution in [2.24, 2.45) is 5.92 Å². The Hall–Kier alpha value is -3.74. The second kappa shape index (κ2) is 10.2. The lowest BCUT2D eigenvalue weighted by Gasteiger charge is -2.42. The molecule has 4 aliphatic rings. The molecule has 0 N–H and O–H groups in total. The number of rotatable bonds is 6. The van der Waals surface area contributed by atoms with E-state index in [1.54, 1.807) is 12.5 Å². The number of nitrogens with zero attached hydrogens (tertiary/aromatic N) is 2. The van der Waals surface area contributed by atoms with Crippen molar-refractivity contribution in [3.8, 4) is 5.75 Å². The average molecular weight is 509 g/mol. The molecule has 0 amide bonds. The summed E-state index contributed by atoms with van der Waals surface area (Å²) in [6.45, 7) is 3.14. The van der Waals surface area contributed by atoms with Gasteiger partial charge < -0.3 is 18.3 Å². The zero-order chi connectivity index (χ0) is 25.3. The van der Waals surface area contributed by atoms with Crippen molar-refractivity contribution in [1.82, 2.24) is 9.80 Å². The van der Waals surface area contributed by atoms with Crippen LogP contribution >= 0.6 is 0 Å². The summed E-state index contributed by atoms with van der Waals surface area (Å²) < 4.78 is 24.6. The first-order chi connectivity index (χ1) is 18.8. The van der Waals surface area contributed by atoms with Crippen LogP contribution in [0.15, 0.2) is 117 Å². The fourth-order valence-electron chi connectivity index (χ4n) is 5.93. The number of fused-ring (bicyclic) bond motifs is 1. The quantitative estimate of drug-likeness (QED) is 0.376. The van der Waals surface area contributed by atoms with Gasteiger partial charge in [-0.05, 0) is 61.2 Å². The number of allylic oxidation sites excluding steroid dienone is 3. The van der Waals surface area contributed by atoms with Crippen LogP contribution in [0.3, 0.4) is 0 Å². The van der Waals surface area contributed by atoms with Gasteiger partial charge in [0.25, 0.3) is 0 Å². The van der Waals surface area contributed by atoms with Gasteiger partial charge in [-0.2, -0.15) is 0 Å². The topological polar surface area (TPSA) is 51.2 Å². The van der Waals surface area contributed by atoms with Gasteiger partial charge in [-0.25, -0.2) is 0 Å². The first kappa shape index (κ1) is 23.4. The number of furan rings is 2. The van der Waals surface area contributed by atoms with Crippen molar-refractivity contribution >= 4 is 0 Å². The Labute approximate surface area is 223 Å². The van der Waals surface area contributed by atoms with Gasteiger partial charge in [0.2, 0.25) is 0 Å². The molecule has 1 aromatic carbocycles. The summed E-state index contributed by atoms with van der Waals surface area (Å²) in [5.74, 6) is 4.12. The van der Waals surface area contributed by atoms with Crippen molar-refractivity contribution in [1.29, 1.82) is 0 Å². The van der Waals surface area contributed by atoms with Crippen molar-refractivity contribution < 1.29 is 18.3 Å². The van der Waals surface area contributed by atoms with Crippen LogP contribution < -0.4 is 4.74 Å². The van der Waals surface area contributed by atoms with Gasteiger partial charge in [-0.15, -0.1) is 0 Å². The lowest BCUT2D eigenvalue weighted by Crippen LogP contribution is -2.47. The van der Waals surface area contributed by atoms with Crippen LogP contribution in [0.1, 0.15) is 36.3 Å². The molecule has 0 fully saturated rings. The summed E-state index contributed by atoms with van der Waals surface area (Å²) in [7, 11) is 0. The normalized spacial score (nSPS) is 25.4. The third-order valence-electron chi connectivity index (χ3n) is 7.84. The molecule has 0 spiro atoms. The molecule has 2 aliphatic carbocycles. The maximum Gasteiger partial charge on any atom is 0.179 e. The van der Waals surface area contributed by atoms with E-state index >= 15 is 0 Å². The zero-order valence-electron chi connectivity index (χ0n) is 21.4. The zero-order valence-corrected chi connectivity index (χ0v) is 21.4. The average Bonchev–Trinajstić information content (AvgIpc) is 3.67. The second-order valence-corrected chi connectivity index (χ2v) is 10.4. The third-order valence-corrected chi connectivity index (χ3v) is 7.84. The predicted octanol–water partition coefficient (Wildman–Crippen LogP) is 6.56. The molecule has 6 heteroatoms. The first-order valence-corrected chi connectivity index (χ1v) is 13.5. The van der Waals surface area contributed by atoms with E-state index in [2.05, 4.69) is 58.4 Å². The van der Waals surface area contributed by atoms with E-state index in [4.69, 9.17) is 18.3 Å². The Kier molecular flexibility index (Phi) is 6.27. The number of hydrogen-bond donors (Lipinski definition) is 0. The molecule has 3 unspecified atom stereocenters. The summed E-state index contributed by atoms with van der Waals surface area (Å²) in [5.41, 5.74) is 3.77. The molecular formula is C32H32N2O4. The largest absolute Gasteiger partial charge is 0.474 e. The Morgan fingerprint density at radius 3 is 2.39 bits per heavy atom. The Morgan fingerprint density at radius 1 is 0.816 bits per heavy atom. The smallest absolute Gasteiger partial charge is 0.179 e. The summed E-state index contributed by atoms with van der Waals surface area (Å²) >= 11 is 0. The van der Waals surface area contributed by atoms with Crippen molar-refractivity contribution in [3.63, 3.8) is 0 Å². The van der Waals surface area contributed by atoms with E-state index in [1.165, 1.54) is 16.7 Å². The minimum Gasteiger partial charge on any atom is -0.474 e. The van der Waals surface area contributed by atoms with E-state index in [0.29, 0.717) is 13.1 Å². The monoisotopic (exact) mass is 508 g/mol. The van der Waals surface area contributed by atoms with E-state index in [9.17, 15) is 0 Å². The minimum atomic E-state index is -0.147. The number of ether oxygens (including phenoxy) is 2. The predicted molar refractivity (Wildman–Crippen MR) is 144 cm³/mol. The number of hydrogen-bond acceptors (Lipinski definition) is 6. The van der Waals surface area contributed by atoms with E-state index < -0.39 is 0 Å². The van der Waals surface area contributed by atoms with Gasteiger partial charge in [0.1, 0.15) is 23.0 Å². The highest BCUT2D eigenvalue weighted by Crippen LogP contribution is 2.37. The Bertz CT molecular complexity index is 1380. The summed E-state index contributed by atoms with van der Waals surface area (Å²) in [5, 5.41) is 0. The molecule has 0 bridgehead atoms. The molecule has 38 heavy (non-hydrogen) atoms. The van der Waals surface area contributed by atoms with Crippen LogP contribution in [-0.2, 0) is 24.4 Å². The van der Waals surface area contributed by atoms with Gasteiger partial charge >= 0.3 is 0 Å². The fourth-order valence-corrected chi connectivity index (χ4v) is 5.93. The fraction of sp³-hybridized carbons (Fsp3) is 0.312. The van der Waals surface area contributed by atoms with Gasteiger partial charge in [-0.1, -0.05) is 42.5 Å².